The van der Waals surface area contributed by atoms with Crippen molar-refractivity contribution in [1.29, 1.82) is 0 Å². The zero-order chi connectivity index (χ0) is 25.1. The van der Waals surface area contributed by atoms with E-state index >= 15 is 0 Å². The number of hydrogen-bond acceptors (Lipinski definition) is 12. The van der Waals surface area contributed by atoms with Crippen LogP contribution in [-0.2, 0) is 9.59 Å². The van der Waals surface area contributed by atoms with Crippen LogP contribution in [0.25, 0.3) is 0 Å². The predicted octanol–water partition coefficient (Wildman–Crippen LogP) is -3.38. The summed E-state index contributed by atoms with van der Waals surface area (Å²) in [6.45, 7) is -0.271. The number of nitrogens with one attached hydrogen (secondary N) is 2. The standard InChI is InChI=1S/C21H26N8O6/c1-35-11-4-2-3-10(7-11)17(32)25-13-9-29-19(23)24-12(8-28-14(30)5-6-15(28)31)16-20(29,21(13,33)34)27-18(22)26-16/h2-4,7,12-13,16,33-34H,5-6,8-9H2,1H3,(H2,23,24)(H,25,32)(H3,22,26,27)/t12-,13-,16?,20-/m0/s1. The van der Waals surface area contributed by atoms with E-state index in [1.54, 1.807) is 18.2 Å². The highest BCUT2D eigenvalue weighted by Crippen LogP contribution is 2.45. The summed E-state index contributed by atoms with van der Waals surface area (Å²) in [5.41, 5.74) is 10.6. The number of hydrogen-bond donors (Lipinski definition) is 6. The summed E-state index contributed by atoms with van der Waals surface area (Å²) in [5.74, 6) is -3.61. The van der Waals surface area contributed by atoms with E-state index in [-0.39, 0.29) is 55.2 Å². The van der Waals surface area contributed by atoms with Crippen molar-refractivity contribution in [2.24, 2.45) is 21.5 Å². The van der Waals surface area contributed by atoms with E-state index < -0.39 is 35.5 Å². The van der Waals surface area contributed by atoms with Crippen molar-refractivity contribution < 1.29 is 29.3 Å². The van der Waals surface area contributed by atoms with Gasteiger partial charge in [0.1, 0.15) is 17.8 Å². The van der Waals surface area contributed by atoms with Crippen molar-refractivity contribution in [2.75, 3.05) is 20.2 Å². The molecule has 4 heterocycles. The Labute approximate surface area is 199 Å². The number of aliphatic hydroxyl groups is 2. The number of guanidine groups is 2. The zero-order valence-electron chi connectivity index (χ0n) is 18.8. The Hall–Kier alpha value is -3.91. The molecular weight excluding hydrogens is 460 g/mol. The fourth-order valence-electron chi connectivity index (χ4n) is 5.25. The van der Waals surface area contributed by atoms with Gasteiger partial charge in [0.25, 0.3) is 5.91 Å². The normalized spacial score (nSPS) is 30.9. The number of aliphatic imine (C=N–C) groups is 2. The second kappa shape index (κ2) is 7.81. The minimum absolute atomic E-state index is 0.0756. The third kappa shape index (κ3) is 3.28. The molecule has 2 saturated heterocycles. The number of likely N-dealkylation sites (tertiary alicyclic amines) is 1. The average molecular weight is 486 g/mol. The summed E-state index contributed by atoms with van der Waals surface area (Å²) in [4.78, 5) is 48.5. The highest BCUT2D eigenvalue weighted by Gasteiger charge is 2.73. The minimum atomic E-state index is -2.63. The summed E-state index contributed by atoms with van der Waals surface area (Å²) in [7, 11) is 1.47. The number of methoxy groups -OCH3 is 1. The first-order valence-electron chi connectivity index (χ1n) is 11.0. The van der Waals surface area contributed by atoms with Crippen LogP contribution in [0.2, 0.25) is 0 Å². The Kier molecular flexibility index (Phi) is 5.10. The molecule has 14 nitrogen and oxygen atoms in total. The molecule has 8 N–H and O–H groups in total. The number of carbonyl (C=O) groups excluding carboxylic acids is 3. The maximum Gasteiger partial charge on any atom is 0.251 e. The first-order chi connectivity index (χ1) is 16.6. The van der Waals surface area contributed by atoms with Crippen molar-refractivity contribution in [3.63, 3.8) is 0 Å². The first-order valence-corrected chi connectivity index (χ1v) is 11.0. The molecule has 0 saturated carbocycles. The fourth-order valence-corrected chi connectivity index (χ4v) is 5.25. The predicted molar refractivity (Wildman–Crippen MR) is 121 cm³/mol. The number of carbonyl (C=O) groups is 3. The Balaban J connectivity index is 1.46. The number of imide groups is 1. The Morgan fingerprint density at radius 1 is 1.26 bits per heavy atom. The van der Waals surface area contributed by atoms with Gasteiger partial charge in [0.05, 0.1) is 19.7 Å². The van der Waals surface area contributed by atoms with Gasteiger partial charge >= 0.3 is 0 Å². The van der Waals surface area contributed by atoms with Crippen LogP contribution in [0.15, 0.2) is 34.3 Å². The molecular formula is C21H26N8O6. The van der Waals surface area contributed by atoms with E-state index in [4.69, 9.17) is 16.2 Å². The second-order valence-electron chi connectivity index (χ2n) is 8.90. The number of ether oxygens (including phenoxy) is 1. The molecule has 5 rings (SSSR count). The minimum Gasteiger partial charge on any atom is -0.497 e. The van der Waals surface area contributed by atoms with E-state index in [1.807, 2.05) is 0 Å². The highest BCUT2D eigenvalue weighted by atomic mass is 16.5. The van der Waals surface area contributed by atoms with Crippen LogP contribution in [-0.4, -0.2) is 99.4 Å². The van der Waals surface area contributed by atoms with Crippen molar-refractivity contribution in [3.8, 4) is 5.75 Å². The summed E-state index contributed by atoms with van der Waals surface area (Å²) in [5, 5.41) is 28.4. The molecule has 1 spiro atoms. The van der Waals surface area contributed by atoms with E-state index in [1.165, 1.54) is 18.1 Å². The molecule has 14 heteroatoms. The maximum absolute atomic E-state index is 12.9. The van der Waals surface area contributed by atoms with Crippen LogP contribution in [0.4, 0.5) is 0 Å². The van der Waals surface area contributed by atoms with Crippen molar-refractivity contribution in [2.45, 2.75) is 42.4 Å². The van der Waals surface area contributed by atoms with Crippen LogP contribution >= 0.6 is 0 Å². The first kappa shape index (κ1) is 22.9. The van der Waals surface area contributed by atoms with Gasteiger partial charge in [0, 0.05) is 24.9 Å². The van der Waals surface area contributed by atoms with Gasteiger partial charge in [-0.05, 0) is 18.2 Å². The molecule has 3 amide bonds. The summed E-state index contributed by atoms with van der Waals surface area (Å²) in [6, 6.07) is 3.23. The monoisotopic (exact) mass is 486 g/mol. The van der Waals surface area contributed by atoms with Crippen LogP contribution in [0.3, 0.4) is 0 Å². The van der Waals surface area contributed by atoms with Gasteiger partial charge in [-0.15, -0.1) is 0 Å². The number of nitrogens with two attached hydrogens (primary N) is 2. The van der Waals surface area contributed by atoms with Gasteiger partial charge in [0.2, 0.25) is 17.6 Å². The smallest absolute Gasteiger partial charge is 0.251 e. The largest absolute Gasteiger partial charge is 0.497 e. The topological polar surface area (TPSA) is 208 Å². The lowest BCUT2D eigenvalue weighted by atomic mass is 9.84. The molecule has 1 aromatic carbocycles. The van der Waals surface area contributed by atoms with Gasteiger partial charge in [-0.2, -0.15) is 0 Å². The third-order valence-electron chi connectivity index (χ3n) is 6.96. The molecule has 4 aliphatic heterocycles. The van der Waals surface area contributed by atoms with E-state index in [2.05, 4.69) is 20.6 Å². The molecule has 0 aliphatic carbocycles. The lowest BCUT2D eigenvalue weighted by Crippen LogP contribution is -2.78. The summed E-state index contributed by atoms with van der Waals surface area (Å²) < 4.78 is 5.15. The van der Waals surface area contributed by atoms with Crippen LogP contribution < -0.4 is 26.8 Å². The Morgan fingerprint density at radius 3 is 2.66 bits per heavy atom. The van der Waals surface area contributed by atoms with E-state index in [0.29, 0.717) is 5.75 Å². The van der Waals surface area contributed by atoms with Crippen LogP contribution in [0.5, 0.6) is 5.75 Å². The molecule has 35 heavy (non-hydrogen) atoms. The van der Waals surface area contributed by atoms with E-state index in [0.717, 1.165) is 4.90 Å². The molecule has 0 bridgehead atoms. The molecule has 2 fully saturated rings. The van der Waals surface area contributed by atoms with Crippen LogP contribution in [0, 0.1) is 0 Å². The van der Waals surface area contributed by atoms with Gasteiger partial charge in [-0.25, -0.2) is 9.98 Å². The zero-order valence-corrected chi connectivity index (χ0v) is 18.8. The Bertz CT molecular complexity index is 1150. The number of amides is 3. The second-order valence-corrected chi connectivity index (χ2v) is 8.90. The lowest BCUT2D eigenvalue weighted by Gasteiger charge is -2.49. The highest BCUT2D eigenvalue weighted by molar-refractivity contribution is 6.02. The summed E-state index contributed by atoms with van der Waals surface area (Å²) >= 11 is 0. The maximum atomic E-state index is 12.9. The van der Waals surface area contributed by atoms with Crippen LogP contribution in [0.1, 0.15) is 23.2 Å². The molecule has 4 aliphatic rings. The number of nitrogens with zero attached hydrogens (tertiary/aromatic N) is 4. The van der Waals surface area contributed by atoms with Gasteiger partial charge in [-0.1, -0.05) is 6.07 Å². The molecule has 4 atom stereocenters. The average Bonchev–Trinajstić information content (AvgIpc) is 3.42. The molecule has 1 aromatic rings. The van der Waals surface area contributed by atoms with Gasteiger partial charge in [-0.3, -0.25) is 19.3 Å². The van der Waals surface area contributed by atoms with Gasteiger partial charge < -0.3 is 42.0 Å². The lowest BCUT2D eigenvalue weighted by molar-refractivity contribution is -0.230. The molecule has 0 aromatic heterocycles. The SMILES string of the molecule is COc1cccc(C(=O)N[C@H]2CN3C(N)=N[C@@H](CN4C(=O)CCC4=O)C4N=C(N)N[C@@]43C2(O)O)c1. The van der Waals surface area contributed by atoms with Crippen molar-refractivity contribution >= 4 is 29.6 Å². The third-order valence-corrected chi connectivity index (χ3v) is 6.96. The molecule has 186 valence electrons. The quantitative estimate of drug-likeness (QED) is 0.180. The fraction of sp³-hybridized carbons (Fsp3) is 0.476. The van der Waals surface area contributed by atoms with E-state index in [9.17, 15) is 24.6 Å². The molecule has 0 radical (unpaired) electrons. The van der Waals surface area contributed by atoms with Crippen molar-refractivity contribution in [3.05, 3.63) is 29.8 Å². The van der Waals surface area contributed by atoms with Crippen molar-refractivity contribution in [1.82, 2.24) is 20.4 Å². The summed E-state index contributed by atoms with van der Waals surface area (Å²) in [6.07, 6.45) is 0.192. The number of rotatable bonds is 5. The Morgan fingerprint density at radius 2 is 1.97 bits per heavy atom. The van der Waals surface area contributed by atoms with Gasteiger partial charge in [0.15, 0.2) is 17.6 Å². The molecule has 1 unspecified atom stereocenters. The number of benzene rings is 1.